The summed E-state index contributed by atoms with van der Waals surface area (Å²) < 4.78 is 4.57. The Morgan fingerprint density at radius 3 is 2.27 bits per heavy atom. The van der Waals surface area contributed by atoms with Crippen LogP contribution in [0.15, 0.2) is 40.6 Å². The van der Waals surface area contributed by atoms with Gasteiger partial charge in [-0.25, -0.2) is 4.79 Å². The van der Waals surface area contributed by atoms with E-state index < -0.39 is 12.2 Å². The topological polar surface area (TPSA) is 91.1 Å². The van der Waals surface area contributed by atoms with Crippen LogP contribution in [-0.2, 0) is 0 Å². The fourth-order valence-corrected chi connectivity index (χ4v) is 0.691. The van der Waals surface area contributed by atoms with E-state index in [0.717, 1.165) is 0 Å². The summed E-state index contributed by atoms with van der Waals surface area (Å²) in [6.45, 7) is 0. The van der Waals surface area contributed by atoms with E-state index >= 15 is 0 Å². The number of benzene rings is 1. The van der Waals surface area contributed by atoms with Gasteiger partial charge in [0.25, 0.3) is 0 Å². The number of carbonyl (C=O) groups excluding carboxylic acids is 2. The molecule has 0 bridgehead atoms. The molecule has 0 unspecified atom stereocenters. The molecule has 0 saturated heterocycles. The van der Waals surface area contributed by atoms with Crippen LogP contribution in [0.25, 0.3) is 0 Å². The Kier molecular flexibility index (Phi) is 6.52. The normalized spacial score (nSPS) is 9.33. The van der Waals surface area contributed by atoms with Crippen LogP contribution in [0.1, 0.15) is 0 Å². The molecule has 0 heterocycles. The first-order chi connectivity index (χ1) is 6.68. The molecule has 1 rings (SSSR count). The second-order valence-corrected chi connectivity index (χ2v) is 2.15. The summed E-state index contributed by atoms with van der Waals surface area (Å²) in [5, 5.41) is 15.0. The minimum Gasteiger partial charge on any atom is -0.527 e. The summed E-state index contributed by atoms with van der Waals surface area (Å²) >= 11 is 0. The third kappa shape index (κ3) is 5.95. The fraction of sp³-hybridized carbons (Fsp3) is 0. The van der Waals surface area contributed by atoms with Gasteiger partial charge in [-0.1, -0.05) is 23.3 Å². The number of hydrogen-bond donors (Lipinski definition) is 0. The van der Waals surface area contributed by atoms with Crippen LogP contribution >= 0.6 is 0 Å². The van der Waals surface area contributed by atoms with E-state index in [2.05, 4.69) is 15.0 Å². The third-order valence-electron chi connectivity index (χ3n) is 1.16. The van der Waals surface area contributed by atoms with Crippen LogP contribution in [0.4, 0.5) is 9.59 Å². The Balaban J connectivity index is 0.00000196. The van der Waals surface area contributed by atoms with Gasteiger partial charge in [-0.2, -0.15) is 0 Å². The summed E-state index contributed by atoms with van der Waals surface area (Å²) in [6, 6.07) is 8.08. The summed E-state index contributed by atoms with van der Waals surface area (Å²) in [6.07, 6.45) is -2.91. The zero-order valence-corrected chi connectivity index (χ0v) is 9.91. The number of carboxylic acid groups (broad SMARTS) is 1. The molecule has 0 aliphatic rings. The fourth-order valence-electron chi connectivity index (χ4n) is 0.691. The number of nitrogens with zero attached hydrogens (tertiary/aromatic N) is 2. The average molecular weight is 216 g/mol. The minimum atomic E-state index is -1.80. The van der Waals surface area contributed by atoms with Gasteiger partial charge in [0.05, 0.1) is 0 Å². The van der Waals surface area contributed by atoms with E-state index in [-0.39, 0.29) is 35.3 Å². The molecular formula is C8H5N2NaO4. The maximum Gasteiger partial charge on any atom is 1.00 e. The minimum absolute atomic E-state index is 0. The summed E-state index contributed by atoms with van der Waals surface area (Å²) in [5.41, 5.74) is 0. The monoisotopic (exact) mass is 216 g/mol. The Labute approximate surface area is 107 Å². The summed E-state index contributed by atoms with van der Waals surface area (Å²) in [5.74, 6) is 0.259. The van der Waals surface area contributed by atoms with Gasteiger partial charge in [0.2, 0.25) is 0 Å². The van der Waals surface area contributed by atoms with Gasteiger partial charge in [-0.3, -0.25) is 0 Å². The molecule has 1 aromatic carbocycles. The van der Waals surface area contributed by atoms with Crippen molar-refractivity contribution >= 4 is 12.2 Å². The largest absolute Gasteiger partial charge is 1.00 e. The van der Waals surface area contributed by atoms with E-state index in [1.165, 1.54) is 12.1 Å². The molecule has 2 amide bonds. The number of carbonyl (C=O) groups is 2. The molecule has 0 saturated carbocycles. The third-order valence-corrected chi connectivity index (χ3v) is 1.16. The van der Waals surface area contributed by atoms with Crippen molar-refractivity contribution in [1.29, 1.82) is 0 Å². The smallest absolute Gasteiger partial charge is 0.527 e. The Bertz CT molecular complexity index is 366. The van der Waals surface area contributed by atoms with Crippen molar-refractivity contribution in [3.63, 3.8) is 0 Å². The predicted molar refractivity (Wildman–Crippen MR) is 42.7 cm³/mol. The first kappa shape index (κ1) is 13.8. The molecule has 0 atom stereocenters. The second-order valence-electron chi connectivity index (χ2n) is 2.15. The van der Waals surface area contributed by atoms with Crippen molar-refractivity contribution in [3.05, 3.63) is 30.3 Å². The van der Waals surface area contributed by atoms with Crippen LogP contribution in [0.3, 0.4) is 0 Å². The standard InChI is InChI=1S/C8H6N2O4.Na/c11-7(12)9-10-8(13)14-6-4-2-1-3-5-6;/h1-5H,(H,11,12);/q;+1/p-1. The zero-order chi connectivity index (χ0) is 10.4. The van der Waals surface area contributed by atoms with Gasteiger partial charge >= 0.3 is 35.7 Å². The number of hydrogen-bond acceptors (Lipinski definition) is 4. The van der Waals surface area contributed by atoms with Crippen molar-refractivity contribution in [1.82, 2.24) is 0 Å². The molecule has 15 heavy (non-hydrogen) atoms. The van der Waals surface area contributed by atoms with Gasteiger partial charge in [0.1, 0.15) is 5.75 Å². The molecule has 0 N–H and O–H groups in total. The molecule has 0 spiro atoms. The molecule has 0 aliphatic heterocycles. The summed E-state index contributed by atoms with van der Waals surface area (Å²) in [7, 11) is 0. The molecular weight excluding hydrogens is 211 g/mol. The van der Waals surface area contributed by atoms with Crippen molar-refractivity contribution in [2.24, 2.45) is 10.2 Å². The van der Waals surface area contributed by atoms with Crippen molar-refractivity contribution in [3.8, 4) is 5.75 Å². The van der Waals surface area contributed by atoms with Crippen LogP contribution < -0.4 is 39.4 Å². The summed E-state index contributed by atoms with van der Waals surface area (Å²) in [4.78, 5) is 20.5. The van der Waals surface area contributed by atoms with Crippen molar-refractivity contribution in [2.45, 2.75) is 0 Å². The Hall–Kier alpha value is -1.24. The predicted octanol–water partition coefficient (Wildman–Crippen LogP) is -2.02. The zero-order valence-electron chi connectivity index (χ0n) is 7.91. The molecule has 1 aromatic rings. The average Bonchev–Trinajstić information content (AvgIpc) is 2.16. The SMILES string of the molecule is O=C([O-])N=NC(=O)Oc1ccccc1.[Na+]. The second kappa shape index (κ2) is 7.10. The molecule has 7 heteroatoms. The Morgan fingerprint density at radius 1 is 1.13 bits per heavy atom. The Morgan fingerprint density at radius 2 is 1.73 bits per heavy atom. The van der Waals surface area contributed by atoms with E-state index in [9.17, 15) is 14.7 Å². The van der Waals surface area contributed by atoms with E-state index in [0.29, 0.717) is 0 Å². The molecule has 0 fully saturated rings. The van der Waals surface area contributed by atoms with Gasteiger partial charge in [-0.05, 0) is 12.1 Å². The molecule has 0 aliphatic carbocycles. The molecule has 0 radical (unpaired) electrons. The van der Waals surface area contributed by atoms with Crippen LogP contribution in [0, 0.1) is 0 Å². The first-order valence-electron chi connectivity index (χ1n) is 3.58. The number of para-hydroxylation sites is 1. The van der Waals surface area contributed by atoms with Gasteiger partial charge in [0.15, 0.2) is 6.09 Å². The van der Waals surface area contributed by atoms with E-state index in [1.54, 1.807) is 18.2 Å². The first-order valence-corrected chi connectivity index (χ1v) is 3.58. The molecule has 6 nitrogen and oxygen atoms in total. The van der Waals surface area contributed by atoms with Crippen molar-refractivity contribution < 1.29 is 49.0 Å². The van der Waals surface area contributed by atoms with Gasteiger partial charge < -0.3 is 14.6 Å². The van der Waals surface area contributed by atoms with Crippen LogP contribution in [0.5, 0.6) is 5.75 Å². The number of azo groups is 1. The number of amides is 2. The van der Waals surface area contributed by atoms with Gasteiger partial charge in [0, 0.05) is 0 Å². The van der Waals surface area contributed by atoms with E-state index in [1.807, 2.05) is 0 Å². The van der Waals surface area contributed by atoms with E-state index in [4.69, 9.17) is 0 Å². The van der Waals surface area contributed by atoms with Crippen LogP contribution in [-0.4, -0.2) is 12.2 Å². The maximum atomic E-state index is 10.7. The number of rotatable bonds is 1. The number of ether oxygens (including phenoxy) is 1. The molecule has 0 aromatic heterocycles. The maximum absolute atomic E-state index is 10.7. The van der Waals surface area contributed by atoms with Crippen LogP contribution in [0.2, 0.25) is 0 Å². The molecule has 72 valence electrons. The van der Waals surface area contributed by atoms with Crippen molar-refractivity contribution in [2.75, 3.05) is 0 Å². The quantitative estimate of drug-likeness (QED) is 0.400. The van der Waals surface area contributed by atoms with Gasteiger partial charge in [-0.15, -0.1) is 5.11 Å².